The predicted molar refractivity (Wildman–Crippen MR) is 67.4 cm³/mol. The van der Waals surface area contributed by atoms with Gasteiger partial charge in [0.05, 0.1) is 5.75 Å². The molecule has 0 spiro atoms. The lowest BCUT2D eigenvalue weighted by molar-refractivity contribution is -0.127. The molecule has 18 heavy (non-hydrogen) atoms. The normalized spacial score (nSPS) is 16.1. The zero-order chi connectivity index (χ0) is 14.4. The van der Waals surface area contributed by atoms with Gasteiger partial charge in [0.2, 0.25) is 15.9 Å². The van der Waals surface area contributed by atoms with E-state index in [1.165, 1.54) is 6.92 Å². The average Bonchev–Trinajstić information content (AvgIpc) is 2.30. The van der Waals surface area contributed by atoms with Gasteiger partial charge in [-0.1, -0.05) is 12.1 Å². The fourth-order valence-corrected chi connectivity index (χ4v) is 1.79. The summed E-state index contributed by atoms with van der Waals surface area (Å²) in [7, 11) is -3.52. The molecular weight excluding hydrogens is 260 g/mol. The highest BCUT2D eigenvalue weighted by molar-refractivity contribution is 7.89. The Morgan fingerprint density at radius 2 is 2.06 bits per heavy atom. The van der Waals surface area contributed by atoms with E-state index < -0.39 is 21.3 Å². The predicted octanol–water partition coefficient (Wildman–Crippen LogP) is -1.06. The maximum atomic E-state index is 11.9. The highest BCUT2D eigenvalue weighted by Gasteiger charge is 2.36. The van der Waals surface area contributed by atoms with Crippen LogP contribution in [-0.2, 0) is 14.8 Å². The summed E-state index contributed by atoms with van der Waals surface area (Å²) in [6.45, 7) is 3.42. The second-order valence-electron chi connectivity index (χ2n) is 4.15. The molecule has 0 radical (unpaired) electrons. The van der Waals surface area contributed by atoms with Crippen molar-refractivity contribution in [1.82, 2.24) is 5.32 Å². The number of hydrogen-bond acceptors (Lipinski definition) is 5. The molecule has 6 N–H and O–H groups in total. The Bertz CT molecular complexity index is 420. The van der Waals surface area contributed by atoms with Gasteiger partial charge in [-0.25, -0.2) is 13.6 Å². The van der Waals surface area contributed by atoms with E-state index in [9.17, 15) is 13.2 Å². The lowest BCUT2D eigenvalue weighted by Gasteiger charge is -2.25. The maximum Gasteiger partial charge on any atom is 0.233 e. The Balaban J connectivity index is 4.40. The fourth-order valence-electron chi connectivity index (χ4n) is 1.24. The van der Waals surface area contributed by atoms with E-state index >= 15 is 0 Å². The van der Waals surface area contributed by atoms with Crippen molar-refractivity contribution in [3.05, 3.63) is 0 Å². The van der Waals surface area contributed by atoms with Crippen molar-refractivity contribution in [2.75, 3.05) is 12.3 Å². The molecule has 8 nitrogen and oxygen atoms in total. The summed E-state index contributed by atoms with van der Waals surface area (Å²) in [5.41, 5.74) is 4.34. The van der Waals surface area contributed by atoms with Crippen LogP contribution in [0.4, 0.5) is 0 Å². The van der Waals surface area contributed by atoms with Gasteiger partial charge in [-0.05, 0) is 19.8 Å². The van der Waals surface area contributed by atoms with E-state index in [1.54, 1.807) is 6.92 Å². The molecule has 0 aliphatic heterocycles. The molecule has 0 aromatic rings. The molecule has 0 fully saturated rings. The zero-order valence-corrected chi connectivity index (χ0v) is 11.3. The van der Waals surface area contributed by atoms with Crippen molar-refractivity contribution in [2.45, 2.75) is 26.7 Å². The lowest BCUT2D eigenvalue weighted by Crippen LogP contribution is -2.48. The molecule has 0 aromatic heterocycles. The van der Waals surface area contributed by atoms with E-state index in [-0.39, 0.29) is 24.6 Å². The number of amides is 1. The van der Waals surface area contributed by atoms with Crippen molar-refractivity contribution in [3.63, 3.8) is 0 Å². The molecule has 0 heterocycles. The Labute approximate surface area is 106 Å². The number of rotatable bonds is 7. The van der Waals surface area contributed by atoms with E-state index in [0.29, 0.717) is 6.42 Å². The molecule has 0 rings (SSSR count). The van der Waals surface area contributed by atoms with Crippen LogP contribution in [0.2, 0.25) is 0 Å². The first-order valence-electron chi connectivity index (χ1n) is 5.44. The molecule has 9 heteroatoms. The molecule has 0 aliphatic carbocycles. The summed E-state index contributed by atoms with van der Waals surface area (Å²) in [6.07, 6.45) is 0.560. The van der Waals surface area contributed by atoms with Crippen LogP contribution in [0.15, 0.2) is 5.16 Å². The molecule has 1 atom stereocenters. The minimum atomic E-state index is -3.52. The van der Waals surface area contributed by atoms with Gasteiger partial charge in [-0.2, -0.15) is 0 Å². The first-order chi connectivity index (χ1) is 8.17. The first-order valence-corrected chi connectivity index (χ1v) is 7.15. The highest BCUT2D eigenvalue weighted by Crippen LogP contribution is 2.21. The minimum absolute atomic E-state index is 0.156. The quantitative estimate of drug-likeness (QED) is 0.154. The van der Waals surface area contributed by atoms with Gasteiger partial charge in [0.25, 0.3) is 0 Å². The van der Waals surface area contributed by atoms with Gasteiger partial charge >= 0.3 is 0 Å². The Hall–Kier alpha value is -1.35. The van der Waals surface area contributed by atoms with Crippen LogP contribution in [0.3, 0.4) is 0 Å². The fraction of sp³-hybridized carbons (Fsp3) is 0.778. The molecule has 1 unspecified atom stereocenters. The van der Waals surface area contributed by atoms with E-state index in [2.05, 4.69) is 10.5 Å². The lowest BCUT2D eigenvalue weighted by atomic mass is 9.85. The van der Waals surface area contributed by atoms with Crippen LogP contribution in [0.5, 0.6) is 0 Å². The molecule has 0 bridgehead atoms. The van der Waals surface area contributed by atoms with Crippen LogP contribution in [0, 0.1) is 5.41 Å². The Kier molecular flexibility index (Phi) is 6.06. The molecule has 0 saturated heterocycles. The summed E-state index contributed by atoms with van der Waals surface area (Å²) in [6, 6.07) is 0. The molecule has 0 aromatic carbocycles. The zero-order valence-electron chi connectivity index (χ0n) is 10.5. The minimum Gasteiger partial charge on any atom is -0.409 e. The van der Waals surface area contributed by atoms with Crippen LogP contribution in [-0.4, -0.2) is 37.7 Å². The van der Waals surface area contributed by atoms with Gasteiger partial charge in [0.15, 0.2) is 5.84 Å². The van der Waals surface area contributed by atoms with Gasteiger partial charge in [0, 0.05) is 6.54 Å². The van der Waals surface area contributed by atoms with Crippen molar-refractivity contribution in [1.29, 1.82) is 0 Å². The number of hydrogen-bond donors (Lipinski definition) is 4. The summed E-state index contributed by atoms with van der Waals surface area (Å²) < 4.78 is 21.4. The summed E-state index contributed by atoms with van der Waals surface area (Å²) in [5.74, 6) is -0.816. The van der Waals surface area contributed by atoms with E-state index in [0.717, 1.165) is 0 Å². The smallest absolute Gasteiger partial charge is 0.233 e. The second-order valence-corrected chi connectivity index (χ2v) is 5.88. The van der Waals surface area contributed by atoms with Gasteiger partial charge in [-0.15, -0.1) is 0 Å². The number of oxime groups is 1. The largest absolute Gasteiger partial charge is 0.409 e. The van der Waals surface area contributed by atoms with Crippen molar-refractivity contribution in [2.24, 2.45) is 21.4 Å². The molecule has 106 valence electrons. The topological polar surface area (TPSA) is 148 Å². The SMILES string of the molecule is CCC(C)(C(=O)NCCCS(N)(=O)=O)C(N)=NO. The monoisotopic (exact) mass is 280 g/mol. The molecule has 0 saturated carbocycles. The summed E-state index contributed by atoms with van der Waals surface area (Å²) >= 11 is 0. The number of carbonyl (C=O) groups is 1. The average molecular weight is 280 g/mol. The number of nitrogens with zero attached hydrogens (tertiary/aromatic N) is 1. The number of carbonyl (C=O) groups excluding carboxylic acids is 1. The van der Waals surface area contributed by atoms with Crippen molar-refractivity contribution in [3.8, 4) is 0 Å². The third-order valence-electron chi connectivity index (χ3n) is 2.77. The van der Waals surface area contributed by atoms with Crippen LogP contribution in [0.1, 0.15) is 26.7 Å². The van der Waals surface area contributed by atoms with Gasteiger partial charge in [-0.3, -0.25) is 4.79 Å². The number of sulfonamides is 1. The molecule has 0 aliphatic rings. The standard InChI is InChI=1S/C9H20N4O4S/c1-3-9(2,7(10)13-15)8(14)12-5-4-6-18(11,16)17/h15H,3-6H2,1-2H3,(H2,10,13)(H,12,14)(H2,11,16,17). The third kappa shape index (κ3) is 4.88. The van der Waals surface area contributed by atoms with Crippen LogP contribution < -0.4 is 16.2 Å². The summed E-state index contributed by atoms with van der Waals surface area (Å²) in [4.78, 5) is 11.9. The van der Waals surface area contributed by atoms with Crippen molar-refractivity contribution < 1.29 is 18.4 Å². The number of amidine groups is 1. The number of primary sulfonamides is 1. The molecular formula is C9H20N4O4S. The van der Waals surface area contributed by atoms with E-state index in [4.69, 9.17) is 16.1 Å². The maximum absolute atomic E-state index is 11.9. The second kappa shape index (κ2) is 6.55. The molecule has 1 amide bonds. The third-order valence-corrected chi connectivity index (χ3v) is 3.63. The number of nitrogens with one attached hydrogen (secondary N) is 1. The number of nitrogens with two attached hydrogens (primary N) is 2. The summed E-state index contributed by atoms with van der Waals surface area (Å²) in [5, 5.41) is 18.8. The highest BCUT2D eigenvalue weighted by atomic mass is 32.2. The Morgan fingerprint density at radius 1 is 1.50 bits per heavy atom. The van der Waals surface area contributed by atoms with Gasteiger partial charge < -0.3 is 16.3 Å². The van der Waals surface area contributed by atoms with Gasteiger partial charge in [0.1, 0.15) is 5.41 Å². The van der Waals surface area contributed by atoms with E-state index in [1.807, 2.05) is 0 Å². The first kappa shape index (κ1) is 16.6. The van der Waals surface area contributed by atoms with Crippen LogP contribution >= 0.6 is 0 Å². The van der Waals surface area contributed by atoms with Crippen LogP contribution in [0.25, 0.3) is 0 Å². The Morgan fingerprint density at radius 3 is 2.44 bits per heavy atom. The van der Waals surface area contributed by atoms with Crippen molar-refractivity contribution >= 4 is 21.8 Å².